The van der Waals surface area contributed by atoms with Crippen molar-refractivity contribution in [3.05, 3.63) is 66.1 Å². The van der Waals surface area contributed by atoms with E-state index in [1.807, 2.05) is 12.1 Å². The summed E-state index contributed by atoms with van der Waals surface area (Å²) in [4.78, 5) is 4.20. The van der Waals surface area contributed by atoms with Crippen molar-refractivity contribution in [1.82, 2.24) is 9.71 Å². The minimum atomic E-state index is -3.78. The summed E-state index contributed by atoms with van der Waals surface area (Å²) in [5, 5.41) is 0.726. The van der Waals surface area contributed by atoms with Gasteiger partial charge in [0.05, 0.1) is 12.6 Å². The van der Waals surface area contributed by atoms with Crippen molar-refractivity contribution in [3.63, 3.8) is 0 Å². The molecule has 0 bridgehead atoms. The molecule has 0 spiro atoms. The molecule has 0 saturated heterocycles. The number of para-hydroxylation sites is 1. The van der Waals surface area contributed by atoms with Gasteiger partial charge in [0.1, 0.15) is 16.5 Å². The third kappa shape index (κ3) is 3.37. The van der Waals surface area contributed by atoms with E-state index in [4.69, 9.17) is 4.74 Å². The number of ether oxygens (including phenoxy) is 1. The van der Waals surface area contributed by atoms with E-state index in [1.54, 1.807) is 18.2 Å². The van der Waals surface area contributed by atoms with E-state index >= 15 is 0 Å². The second-order valence-corrected chi connectivity index (χ2v) is 6.91. The molecule has 3 aromatic rings. The highest BCUT2D eigenvalue weighted by Crippen LogP contribution is 2.21. The van der Waals surface area contributed by atoms with Crippen molar-refractivity contribution < 1.29 is 17.5 Å². The molecule has 0 radical (unpaired) electrons. The largest absolute Gasteiger partial charge is 0.496 e. The zero-order chi connectivity index (χ0) is 17.2. The molecule has 1 heterocycles. The average Bonchev–Trinajstić information content (AvgIpc) is 2.59. The van der Waals surface area contributed by atoms with Gasteiger partial charge in [0.25, 0.3) is 0 Å². The van der Waals surface area contributed by atoms with Gasteiger partial charge in [-0.05, 0) is 30.3 Å². The van der Waals surface area contributed by atoms with Crippen molar-refractivity contribution in [3.8, 4) is 5.75 Å². The van der Waals surface area contributed by atoms with Crippen LogP contribution in [0.2, 0.25) is 0 Å². The maximum Gasteiger partial charge on any atom is 0.242 e. The van der Waals surface area contributed by atoms with Crippen molar-refractivity contribution in [2.24, 2.45) is 0 Å². The van der Waals surface area contributed by atoms with Crippen LogP contribution in [-0.4, -0.2) is 20.5 Å². The van der Waals surface area contributed by atoms with Gasteiger partial charge < -0.3 is 4.74 Å². The molecule has 5 nitrogen and oxygen atoms in total. The van der Waals surface area contributed by atoms with Crippen molar-refractivity contribution >= 4 is 20.9 Å². The van der Waals surface area contributed by atoms with Gasteiger partial charge in [-0.25, -0.2) is 17.5 Å². The van der Waals surface area contributed by atoms with E-state index < -0.39 is 15.8 Å². The fourth-order valence-corrected chi connectivity index (χ4v) is 3.32. The highest BCUT2D eigenvalue weighted by atomic mass is 32.2. The number of benzene rings is 2. The molecule has 0 aliphatic rings. The maximum atomic E-state index is 13.4. The summed E-state index contributed by atoms with van der Waals surface area (Å²) in [6.45, 7) is -0.0872. The molecule has 124 valence electrons. The monoisotopic (exact) mass is 346 g/mol. The first-order valence-corrected chi connectivity index (χ1v) is 8.65. The van der Waals surface area contributed by atoms with Crippen LogP contribution in [-0.2, 0) is 16.6 Å². The first-order chi connectivity index (χ1) is 11.5. The molecule has 0 saturated carbocycles. The number of hydrogen-bond donors (Lipinski definition) is 1. The third-order valence-corrected chi connectivity index (χ3v) is 4.94. The molecule has 0 amide bonds. The van der Waals surface area contributed by atoms with Crippen LogP contribution in [0.15, 0.2) is 59.6 Å². The molecular weight excluding hydrogens is 331 g/mol. The Labute approximate surface area is 139 Å². The van der Waals surface area contributed by atoms with Gasteiger partial charge in [-0.15, -0.1) is 0 Å². The first kappa shape index (κ1) is 16.4. The molecule has 2 aromatic carbocycles. The number of aromatic nitrogens is 1. The van der Waals surface area contributed by atoms with Crippen LogP contribution in [0.3, 0.4) is 0 Å². The summed E-state index contributed by atoms with van der Waals surface area (Å²) in [6.07, 6.45) is 1.30. The highest BCUT2D eigenvalue weighted by Gasteiger charge is 2.16. The minimum absolute atomic E-state index is 0.0524. The van der Waals surface area contributed by atoms with Crippen LogP contribution in [0.5, 0.6) is 5.75 Å². The van der Waals surface area contributed by atoms with Crippen LogP contribution in [0, 0.1) is 5.82 Å². The van der Waals surface area contributed by atoms with Gasteiger partial charge in [-0.2, -0.15) is 0 Å². The molecule has 0 atom stereocenters. The number of nitrogens with one attached hydrogen (secondary N) is 1. The number of fused-ring (bicyclic) bond motifs is 1. The molecule has 1 aromatic heterocycles. The van der Waals surface area contributed by atoms with Crippen molar-refractivity contribution in [1.29, 1.82) is 0 Å². The van der Waals surface area contributed by atoms with E-state index in [1.165, 1.54) is 31.5 Å². The molecule has 0 aliphatic heterocycles. The van der Waals surface area contributed by atoms with Crippen molar-refractivity contribution in [2.45, 2.75) is 11.4 Å². The molecule has 0 fully saturated rings. The normalized spacial score (nSPS) is 11.6. The van der Waals surface area contributed by atoms with Gasteiger partial charge in [-0.1, -0.05) is 18.2 Å². The summed E-state index contributed by atoms with van der Waals surface area (Å²) in [5.74, 6) is -0.0480. The van der Waals surface area contributed by atoms with E-state index in [9.17, 15) is 12.8 Å². The smallest absolute Gasteiger partial charge is 0.242 e. The Morgan fingerprint density at radius 2 is 1.96 bits per heavy atom. The van der Waals surface area contributed by atoms with Gasteiger partial charge >= 0.3 is 0 Å². The van der Waals surface area contributed by atoms with E-state index in [2.05, 4.69) is 9.71 Å². The number of methoxy groups -OCH3 is 1. The summed E-state index contributed by atoms with van der Waals surface area (Å²) in [7, 11) is -2.34. The maximum absolute atomic E-state index is 13.4. The summed E-state index contributed by atoms with van der Waals surface area (Å²) in [5.41, 5.74) is 1.12. The Hall–Kier alpha value is -2.51. The number of halogens is 1. The Morgan fingerprint density at radius 3 is 2.75 bits per heavy atom. The topological polar surface area (TPSA) is 68.3 Å². The molecule has 3 rings (SSSR count). The molecule has 24 heavy (non-hydrogen) atoms. The van der Waals surface area contributed by atoms with Gasteiger partial charge in [0.2, 0.25) is 10.0 Å². The molecule has 0 aliphatic carbocycles. The highest BCUT2D eigenvalue weighted by molar-refractivity contribution is 7.89. The van der Waals surface area contributed by atoms with Gasteiger partial charge in [0, 0.05) is 23.7 Å². The van der Waals surface area contributed by atoms with E-state index in [0.29, 0.717) is 16.8 Å². The second kappa shape index (κ2) is 6.54. The zero-order valence-electron chi connectivity index (χ0n) is 12.9. The van der Waals surface area contributed by atoms with E-state index in [-0.39, 0.29) is 11.4 Å². The third-order valence-electron chi connectivity index (χ3n) is 3.57. The summed E-state index contributed by atoms with van der Waals surface area (Å²) < 4.78 is 45.8. The molecule has 7 heteroatoms. The Kier molecular flexibility index (Phi) is 4.46. The second-order valence-electron chi connectivity index (χ2n) is 5.14. The molecular formula is C17H15FN2O3S. The van der Waals surface area contributed by atoms with Crippen molar-refractivity contribution in [2.75, 3.05) is 7.11 Å². The van der Waals surface area contributed by atoms with Crippen LogP contribution in [0.4, 0.5) is 4.39 Å². The predicted octanol–water partition coefficient (Wildman–Crippen LogP) is 2.86. The lowest BCUT2D eigenvalue weighted by molar-refractivity contribution is 0.407. The van der Waals surface area contributed by atoms with Gasteiger partial charge in [0.15, 0.2) is 0 Å². The number of nitrogens with zero attached hydrogens (tertiary/aromatic N) is 1. The number of rotatable bonds is 5. The van der Waals surface area contributed by atoms with E-state index in [0.717, 1.165) is 5.39 Å². The Morgan fingerprint density at radius 1 is 1.17 bits per heavy atom. The Balaban J connectivity index is 1.86. The minimum Gasteiger partial charge on any atom is -0.496 e. The lowest BCUT2D eigenvalue weighted by Crippen LogP contribution is -2.23. The van der Waals surface area contributed by atoms with Crippen LogP contribution in [0.25, 0.3) is 10.9 Å². The number of pyridine rings is 1. The quantitative estimate of drug-likeness (QED) is 0.771. The zero-order valence-corrected chi connectivity index (χ0v) is 13.7. The fourth-order valence-electron chi connectivity index (χ4n) is 2.34. The van der Waals surface area contributed by atoms with Gasteiger partial charge in [-0.3, -0.25) is 4.98 Å². The number of hydrogen-bond acceptors (Lipinski definition) is 4. The molecule has 0 unspecified atom stereocenters. The average molecular weight is 346 g/mol. The predicted molar refractivity (Wildman–Crippen MR) is 88.7 cm³/mol. The number of sulfonamides is 1. The standard InChI is InChI=1S/C17H15FN2O3S/c1-23-17-7-6-14(18)8-13(17)10-20-24(21,22)15-9-12-4-2-3-5-16(12)19-11-15/h2-9,11,20H,10H2,1H3. The van der Waals surface area contributed by atoms with Crippen LogP contribution >= 0.6 is 0 Å². The molecule has 1 N–H and O–H groups in total. The SMILES string of the molecule is COc1ccc(F)cc1CNS(=O)(=O)c1cnc2ccccc2c1. The fraction of sp³-hybridized carbons (Fsp3) is 0.118. The lowest BCUT2D eigenvalue weighted by atomic mass is 10.2. The van der Waals surface area contributed by atoms with Crippen LogP contribution < -0.4 is 9.46 Å². The summed E-state index contributed by atoms with van der Waals surface area (Å²) >= 11 is 0. The first-order valence-electron chi connectivity index (χ1n) is 7.16. The lowest BCUT2D eigenvalue weighted by Gasteiger charge is -2.11. The Bertz CT molecular complexity index is 990. The summed E-state index contributed by atoms with van der Waals surface area (Å²) in [6, 6.07) is 12.7. The van der Waals surface area contributed by atoms with Crippen LogP contribution in [0.1, 0.15) is 5.56 Å².